The maximum absolute atomic E-state index is 11.8. The monoisotopic (exact) mass is 322 g/mol. The summed E-state index contributed by atoms with van der Waals surface area (Å²) >= 11 is 3.08. The molecular formula is C14H11BrO4. The number of hydrogen-bond donors (Lipinski definition) is 0. The molecule has 98 valence electrons. The topological polar surface area (TPSA) is 52.6 Å². The molecule has 0 bridgehead atoms. The number of halogens is 1. The van der Waals surface area contributed by atoms with E-state index in [1.54, 1.807) is 19.1 Å². The Morgan fingerprint density at radius 1 is 1.32 bits per heavy atom. The van der Waals surface area contributed by atoms with Crippen LogP contribution in [0.25, 0.3) is 5.57 Å². The minimum Gasteiger partial charge on any atom is -0.462 e. The van der Waals surface area contributed by atoms with Crippen LogP contribution in [0, 0.1) is 0 Å². The first kappa shape index (κ1) is 13.5. The fraction of sp³-hybridized carbons (Fsp3) is 0.143. The molecule has 4 nitrogen and oxygen atoms in total. The lowest BCUT2D eigenvalue weighted by Crippen LogP contribution is -2.06. The largest absolute Gasteiger partial charge is 0.462 e. The van der Waals surface area contributed by atoms with Gasteiger partial charge in [-0.15, -0.1) is 0 Å². The maximum atomic E-state index is 11.8. The average Bonchev–Trinajstić information content (AvgIpc) is 2.81. The van der Waals surface area contributed by atoms with E-state index in [2.05, 4.69) is 15.9 Å². The van der Waals surface area contributed by atoms with E-state index in [-0.39, 0.29) is 16.8 Å². The van der Waals surface area contributed by atoms with E-state index in [1.165, 1.54) is 6.08 Å². The fourth-order valence-electron chi connectivity index (χ4n) is 1.60. The Kier molecular flexibility index (Phi) is 4.16. The van der Waals surface area contributed by atoms with Crippen molar-refractivity contribution in [3.05, 3.63) is 52.2 Å². The summed E-state index contributed by atoms with van der Waals surface area (Å²) in [5, 5.41) is 0. The molecule has 0 amide bonds. The molecule has 0 radical (unpaired) electrons. The Hall–Kier alpha value is -1.88. The Labute approximate surface area is 118 Å². The van der Waals surface area contributed by atoms with Crippen LogP contribution in [0.2, 0.25) is 0 Å². The van der Waals surface area contributed by atoms with Crippen molar-refractivity contribution in [2.45, 2.75) is 6.92 Å². The summed E-state index contributed by atoms with van der Waals surface area (Å²) in [6, 6.07) is 9.11. The third-order valence-electron chi connectivity index (χ3n) is 2.45. The van der Waals surface area contributed by atoms with Gasteiger partial charge >= 0.3 is 11.9 Å². The number of carbonyl (C=O) groups excluding carboxylic acids is 2. The van der Waals surface area contributed by atoms with Crippen molar-refractivity contribution in [1.29, 1.82) is 0 Å². The molecule has 0 atom stereocenters. The molecule has 19 heavy (non-hydrogen) atoms. The van der Waals surface area contributed by atoms with E-state index in [1.807, 2.05) is 18.2 Å². The molecule has 0 fully saturated rings. The summed E-state index contributed by atoms with van der Waals surface area (Å²) in [6.45, 7) is 1.96. The number of ether oxygens (including phenoxy) is 2. The van der Waals surface area contributed by atoms with E-state index < -0.39 is 11.9 Å². The van der Waals surface area contributed by atoms with Crippen molar-refractivity contribution in [3.63, 3.8) is 0 Å². The highest BCUT2D eigenvalue weighted by Crippen LogP contribution is 2.29. The van der Waals surface area contributed by atoms with E-state index in [0.29, 0.717) is 5.57 Å². The highest BCUT2D eigenvalue weighted by molar-refractivity contribution is 9.12. The van der Waals surface area contributed by atoms with Crippen molar-refractivity contribution in [3.8, 4) is 0 Å². The van der Waals surface area contributed by atoms with E-state index in [9.17, 15) is 9.59 Å². The minimum atomic E-state index is -0.559. The first-order valence-electron chi connectivity index (χ1n) is 5.69. The average molecular weight is 323 g/mol. The zero-order valence-corrected chi connectivity index (χ0v) is 11.8. The van der Waals surface area contributed by atoms with Crippen LogP contribution in [0.15, 0.2) is 46.6 Å². The highest BCUT2D eigenvalue weighted by atomic mass is 79.9. The van der Waals surface area contributed by atoms with Gasteiger partial charge in [0.1, 0.15) is 4.48 Å². The fourth-order valence-corrected chi connectivity index (χ4v) is 1.91. The Balaban J connectivity index is 2.33. The van der Waals surface area contributed by atoms with Gasteiger partial charge in [0.2, 0.25) is 0 Å². The molecule has 1 aromatic rings. The SMILES string of the molecule is CCOC(=O)/C(Br)=C1\C=C(c2ccccc2)C(=O)O1. The lowest BCUT2D eigenvalue weighted by molar-refractivity contribution is -0.137. The Morgan fingerprint density at radius 2 is 2.00 bits per heavy atom. The Morgan fingerprint density at radius 3 is 2.63 bits per heavy atom. The van der Waals surface area contributed by atoms with Crippen LogP contribution in [0.1, 0.15) is 12.5 Å². The van der Waals surface area contributed by atoms with Crippen molar-refractivity contribution in [1.82, 2.24) is 0 Å². The molecule has 5 heteroatoms. The van der Waals surface area contributed by atoms with Crippen molar-refractivity contribution < 1.29 is 19.1 Å². The summed E-state index contributed by atoms with van der Waals surface area (Å²) in [6.07, 6.45) is 1.53. The molecule has 1 aliphatic rings. The van der Waals surface area contributed by atoms with Crippen LogP contribution >= 0.6 is 15.9 Å². The normalized spacial score (nSPS) is 16.7. The molecule has 2 rings (SSSR count). The third-order valence-corrected chi connectivity index (χ3v) is 3.17. The molecule has 1 aliphatic heterocycles. The molecule has 1 aromatic carbocycles. The molecule has 0 aliphatic carbocycles. The molecule has 0 unspecified atom stereocenters. The second-order valence-electron chi connectivity index (χ2n) is 3.71. The third kappa shape index (κ3) is 2.93. The van der Waals surface area contributed by atoms with Crippen LogP contribution in [-0.4, -0.2) is 18.5 Å². The van der Waals surface area contributed by atoms with Crippen LogP contribution in [0.3, 0.4) is 0 Å². The molecule has 0 saturated heterocycles. The molecule has 1 heterocycles. The van der Waals surface area contributed by atoms with Crippen molar-refractivity contribution in [2.75, 3.05) is 6.61 Å². The van der Waals surface area contributed by atoms with Crippen LogP contribution in [-0.2, 0) is 19.1 Å². The summed E-state index contributed by atoms with van der Waals surface area (Å²) in [5.41, 5.74) is 1.16. The van der Waals surface area contributed by atoms with Gasteiger partial charge in [-0.2, -0.15) is 0 Å². The molecule has 0 N–H and O–H groups in total. The lowest BCUT2D eigenvalue weighted by atomic mass is 10.1. The number of esters is 2. The van der Waals surface area contributed by atoms with Gasteiger partial charge in [0.15, 0.2) is 5.76 Å². The maximum Gasteiger partial charge on any atom is 0.349 e. The summed E-state index contributed by atoms with van der Waals surface area (Å²) in [5.74, 6) is -0.874. The number of rotatable bonds is 3. The molecule has 0 spiro atoms. The lowest BCUT2D eigenvalue weighted by Gasteiger charge is -2.02. The highest BCUT2D eigenvalue weighted by Gasteiger charge is 2.26. The van der Waals surface area contributed by atoms with E-state index in [4.69, 9.17) is 9.47 Å². The summed E-state index contributed by atoms with van der Waals surface area (Å²) in [4.78, 5) is 23.3. The van der Waals surface area contributed by atoms with Crippen LogP contribution < -0.4 is 0 Å². The van der Waals surface area contributed by atoms with Crippen molar-refractivity contribution in [2.24, 2.45) is 0 Å². The predicted octanol–water partition coefficient (Wildman–Crippen LogP) is 2.80. The summed E-state index contributed by atoms with van der Waals surface area (Å²) < 4.78 is 9.99. The van der Waals surface area contributed by atoms with Gasteiger partial charge in [0.25, 0.3) is 0 Å². The van der Waals surface area contributed by atoms with Crippen LogP contribution in [0.4, 0.5) is 0 Å². The quantitative estimate of drug-likeness (QED) is 0.634. The number of hydrogen-bond acceptors (Lipinski definition) is 4. The number of benzene rings is 1. The van der Waals surface area contributed by atoms with Gasteiger partial charge in [-0.1, -0.05) is 30.3 Å². The Bertz CT molecular complexity index is 572. The first-order chi connectivity index (χ1) is 9.13. The standard InChI is InChI=1S/C14H11BrO4/c1-2-18-14(17)12(15)11-8-10(13(16)19-11)9-6-4-3-5-7-9/h3-8H,2H2,1H3/b12-11-. The van der Waals surface area contributed by atoms with Gasteiger partial charge in [-0.05, 0) is 34.5 Å². The van der Waals surface area contributed by atoms with Gasteiger partial charge in [0.05, 0.1) is 12.2 Å². The minimum absolute atomic E-state index is 0.105. The van der Waals surface area contributed by atoms with E-state index in [0.717, 1.165) is 5.56 Å². The van der Waals surface area contributed by atoms with Crippen molar-refractivity contribution >= 4 is 33.4 Å². The summed E-state index contributed by atoms with van der Waals surface area (Å²) in [7, 11) is 0. The second-order valence-corrected chi connectivity index (χ2v) is 4.51. The molecule has 0 saturated carbocycles. The molecular weight excluding hydrogens is 312 g/mol. The zero-order valence-electron chi connectivity index (χ0n) is 10.2. The van der Waals surface area contributed by atoms with Gasteiger partial charge in [-0.25, -0.2) is 9.59 Å². The second kappa shape index (κ2) is 5.84. The molecule has 0 aromatic heterocycles. The van der Waals surface area contributed by atoms with Gasteiger partial charge in [-0.3, -0.25) is 0 Å². The van der Waals surface area contributed by atoms with Gasteiger partial charge in [0, 0.05) is 0 Å². The number of allylic oxidation sites excluding steroid dienone is 1. The predicted molar refractivity (Wildman–Crippen MR) is 73.1 cm³/mol. The zero-order chi connectivity index (χ0) is 13.8. The number of carbonyl (C=O) groups is 2. The number of cyclic esters (lactones) is 1. The van der Waals surface area contributed by atoms with E-state index >= 15 is 0 Å². The first-order valence-corrected chi connectivity index (χ1v) is 6.49. The smallest absolute Gasteiger partial charge is 0.349 e. The van der Waals surface area contributed by atoms with Crippen LogP contribution in [0.5, 0.6) is 0 Å². The van der Waals surface area contributed by atoms with Gasteiger partial charge < -0.3 is 9.47 Å².